The van der Waals surface area contributed by atoms with Crippen molar-refractivity contribution in [2.24, 2.45) is 0 Å². The van der Waals surface area contributed by atoms with Crippen molar-refractivity contribution in [3.63, 3.8) is 0 Å². The fourth-order valence-electron chi connectivity index (χ4n) is 4.92. The van der Waals surface area contributed by atoms with Gasteiger partial charge in [-0.1, -0.05) is 44.2 Å². The van der Waals surface area contributed by atoms with Crippen molar-refractivity contribution in [1.29, 1.82) is 0 Å². The average molecular weight is 426 g/mol. The first kappa shape index (κ1) is 19.9. The van der Waals surface area contributed by atoms with Crippen molar-refractivity contribution in [3.8, 4) is 34.1 Å². The maximum Gasteiger partial charge on any atom is 0.494 e. The Morgan fingerprint density at radius 1 is 0.594 bits per heavy atom. The highest BCUT2D eigenvalue weighted by molar-refractivity contribution is 6.62. The first-order valence-corrected chi connectivity index (χ1v) is 11.2. The summed E-state index contributed by atoms with van der Waals surface area (Å²) in [6, 6.07) is 18.7. The maximum absolute atomic E-state index is 6.36. The SMILES string of the molecule is CC1(C)c2ccccc2-c2cc3c(cc21)Oc1cc(B2OC(C)(C)C(C)(C)O2)ccc1O3. The van der Waals surface area contributed by atoms with Crippen LogP contribution < -0.4 is 14.9 Å². The van der Waals surface area contributed by atoms with Crippen LogP contribution in [0.1, 0.15) is 52.7 Å². The molecule has 2 heterocycles. The van der Waals surface area contributed by atoms with Crippen LogP contribution in [0.5, 0.6) is 23.0 Å². The first-order valence-electron chi connectivity index (χ1n) is 11.2. The second kappa shape index (κ2) is 6.18. The molecule has 4 nitrogen and oxygen atoms in total. The predicted molar refractivity (Wildman–Crippen MR) is 126 cm³/mol. The zero-order chi connectivity index (χ0) is 22.5. The number of benzene rings is 3. The summed E-state index contributed by atoms with van der Waals surface area (Å²) in [6.07, 6.45) is 0. The minimum absolute atomic E-state index is 0.0882. The summed E-state index contributed by atoms with van der Waals surface area (Å²) < 4.78 is 25.1. The van der Waals surface area contributed by atoms with E-state index >= 15 is 0 Å². The van der Waals surface area contributed by atoms with Crippen molar-refractivity contribution < 1.29 is 18.8 Å². The minimum atomic E-state index is -0.441. The Morgan fingerprint density at radius 3 is 1.97 bits per heavy atom. The molecule has 6 rings (SSSR count). The van der Waals surface area contributed by atoms with E-state index in [9.17, 15) is 0 Å². The summed E-state index contributed by atoms with van der Waals surface area (Å²) in [5.41, 5.74) is 5.12. The molecule has 0 saturated carbocycles. The van der Waals surface area contributed by atoms with Gasteiger partial charge in [-0.05, 0) is 79.7 Å². The van der Waals surface area contributed by atoms with Crippen LogP contribution in [0.2, 0.25) is 0 Å². The molecule has 1 fully saturated rings. The van der Waals surface area contributed by atoms with Gasteiger partial charge in [0.15, 0.2) is 23.0 Å². The van der Waals surface area contributed by atoms with Gasteiger partial charge in [0.25, 0.3) is 0 Å². The Hall–Kier alpha value is -2.76. The Morgan fingerprint density at radius 2 is 1.22 bits per heavy atom. The lowest BCUT2D eigenvalue weighted by Crippen LogP contribution is -2.41. The van der Waals surface area contributed by atoms with Gasteiger partial charge in [-0.25, -0.2) is 0 Å². The summed E-state index contributed by atoms with van der Waals surface area (Å²) in [6.45, 7) is 12.8. The average Bonchev–Trinajstić information content (AvgIpc) is 3.10. The van der Waals surface area contributed by atoms with Crippen LogP contribution in [0.15, 0.2) is 54.6 Å². The number of hydrogen-bond acceptors (Lipinski definition) is 4. The van der Waals surface area contributed by atoms with Gasteiger partial charge in [0.1, 0.15) is 0 Å². The maximum atomic E-state index is 6.36. The number of hydrogen-bond donors (Lipinski definition) is 0. The summed E-state index contributed by atoms with van der Waals surface area (Å²) in [5, 5.41) is 0. The lowest BCUT2D eigenvalue weighted by Gasteiger charge is -2.32. The van der Waals surface area contributed by atoms with Crippen molar-refractivity contribution in [2.75, 3.05) is 0 Å². The van der Waals surface area contributed by atoms with Crippen LogP contribution in [0.3, 0.4) is 0 Å². The van der Waals surface area contributed by atoms with Gasteiger partial charge >= 0.3 is 7.12 Å². The van der Waals surface area contributed by atoms with E-state index in [1.165, 1.54) is 22.3 Å². The molecule has 1 aliphatic carbocycles. The van der Waals surface area contributed by atoms with E-state index in [2.05, 4.69) is 77.9 Å². The van der Waals surface area contributed by atoms with E-state index in [4.69, 9.17) is 18.8 Å². The van der Waals surface area contributed by atoms with Crippen LogP contribution in [0.25, 0.3) is 11.1 Å². The molecule has 0 amide bonds. The highest BCUT2D eigenvalue weighted by atomic mass is 16.7. The third-order valence-corrected chi connectivity index (χ3v) is 7.58. The number of ether oxygens (including phenoxy) is 2. The highest BCUT2D eigenvalue weighted by Crippen LogP contribution is 2.54. The standard InChI is InChI=1S/C27H27BO4/c1-25(2)19-10-8-7-9-17(19)18-14-23-24(15-20(18)25)30-22-13-16(11-12-21(22)29-23)28-31-26(3,4)27(5,6)32-28/h7-15H,1-6H3. The van der Waals surface area contributed by atoms with Crippen LogP contribution in [-0.2, 0) is 14.7 Å². The highest BCUT2D eigenvalue weighted by Gasteiger charge is 2.52. The molecule has 5 heteroatoms. The fourth-order valence-corrected chi connectivity index (χ4v) is 4.92. The Balaban J connectivity index is 1.37. The molecule has 0 aromatic heterocycles. The molecule has 3 aliphatic rings. The lowest BCUT2D eigenvalue weighted by atomic mass is 9.79. The molecule has 162 valence electrons. The zero-order valence-corrected chi connectivity index (χ0v) is 19.4. The molecule has 2 aliphatic heterocycles. The molecular formula is C27H27BO4. The van der Waals surface area contributed by atoms with E-state index in [1.807, 2.05) is 18.2 Å². The third-order valence-electron chi connectivity index (χ3n) is 7.58. The zero-order valence-electron chi connectivity index (χ0n) is 19.4. The Bertz CT molecular complexity index is 1260. The van der Waals surface area contributed by atoms with Crippen molar-refractivity contribution in [2.45, 2.75) is 58.2 Å². The molecule has 0 spiro atoms. The third kappa shape index (κ3) is 2.64. The number of rotatable bonds is 1. The predicted octanol–water partition coefficient (Wildman–Crippen LogP) is 6.19. The van der Waals surface area contributed by atoms with Gasteiger partial charge < -0.3 is 18.8 Å². The molecule has 0 bridgehead atoms. The molecule has 3 aromatic carbocycles. The molecule has 3 aromatic rings. The normalized spacial score (nSPS) is 20.5. The molecular weight excluding hydrogens is 399 g/mol. The fraction of sp³-hybridized carbons (Fsp3) is 0.333. The van der Waals surface area contributed by atoms with Crippen molar-refractivity contribution in [1.82, 2.24) is 0 Å². The second-order valence-electron chi connectivity index (χ2n) is 10.5. The molecule has 0 atom stereocenters. The lowest BCUT2D eigenvalue weighted by molar-refractivity contribution is 0.00578. The molecule has 32 heavy (non-hydrogen) atoms. The van der Waals surface area contributed by atoms with Gasteiger partial charge in [0.2, 0.25) is 0 Å². The summed E-state index contributed by atoms with van der Waals surface area (Å²) in [5.74, 6) is 2.86. The van der Waals surface area contributed by atoms with Crippen LogP contribution >= 0.6 is 0 Å². The van der Waals surface area contributed by atoms with E-state index < -0.39 is 18.3 Å². The van der Waals surface area contributed by atoms with Gasteiger partial charge in [-0.15, -0.1) is 0 Å². The monoisotopic (exact) mass is 426 g/mol. The van der Waals surface area contributed by atoms with E-state index in [-0.39, 0.29) is 5.41 Å². The Kier molecular flexibility index (Phi) is 3.84. The smallest absolute Gasteiger partial charge is 0.450 e. The van der Waals surface area contributed by atoms with Gasteiger partial charge in [-0.3, -0.25) is 0 Å². The quantitative estimate of drug-likeness (QED) is 0.340. The van der Waals surface area contributed by atoms with E-state index in [0.29, 0.717) is 11.5 Å². The van der Waals surface area contributed by atoms with E-state index in [0.717, 1.165) is 17.0 Å². The number of fused-ring (bicyclic) bond motifs is 5. The van der Waals surface area contributed by atoms with Gasteiger partial charge in [-0.2, -0.15) is 0 Å². The van der Waals surface area contributed by atoms with Crippen LogP contribution in [0.4, 0.5) is 0 Å². The summed E-state index contributed by atoms with van der Waals surface area (Å²) in [4.78, 5) is 0. The Labute approximate surface area is 189 Å². The van der Waals surface area contributed by atoms with E-state index in [1.54, 1.807) is 0 Å². The largest absolute Gasteiger partial charge is 0.494 e. The topological polar surface area (TPSA) is 36.9 Å². The van der Waals surface area contributed by atoms with Crippen LogP contribution in [-0.4, -0.2) is 18.3 Å². The van der Waals surface area contributed by atoms with Gasteiger partial charge in [0.05, 0.1) is 11.2 Å². The molecule has 1 saturated heterocycles. The first-order chi connectivity index (χ1) is 15.1. The molecule has 0 N–H and O–H groups in total. The summed E-state index contributed by atoms with van der Waals surface area (Å²) >= 11 is 0. The molecule has 0 unspecified atom stereocenters. The molecule has 0 radical (unpaired) electrons. The van der Waals surface area contributed by atoms with Crippen molar-refractivity contribution >= 4 is 12.6 Å². The minimum Gasteiger partial charge on any atom is -0.450 e. The summed E-state index contributed by atoms with van der Waals surface area (Å²) in [7, 11) is -0.441. The van der Waals surface area contributed by atoms with Crippen LogP contribution in [0, 0.1) is 0 Å². The van der Waals surface area contributed by atoms with Gasteiger partial charge in [0, 0.05) is 5.41 Å². The van der Waals surface area contributed by atoms with Crippen molar-refractivity contribution in [3.05, 3.63) is 65.7 Å². The second-order valence-corrected chi connectivity index (χ2v) is 10.5.